The van der Waals surface area contributed by atoms with Crippen molar-refractivity contribution in [2.45, 2.75) is 4.90 Å². The number of hydrogen-bond acceptors (Lipinski definition) is 4. The van der Waals surface area contributed by atoms with Crippen LogP contribution in [0.1, 0.15) is 0 Å². The lowest BCUT2D eigenvalue weighted by molar-refractivity contribution is 0.527. The van der Waals surface area contributed by atoms with Crippen molar-refractivity contribution in [3.63, 3.8) is 0 Å². The van der Waals surface area contributed by atoms with Crippen LogP contribution < -0.4 is 5.76 Å². The van der Waals surface area contributed by atoms with Gasteiger partial charge in [-0.1, -0.05) is 0 Å². The first-order valence-electron chi connectivity index (χ1n) is 3.74. The van der Waals surface area contributed by atoms with E-state index in [-0.39, 0.29) is 5.89 Å². The number of H-pyrrole nitrogens is 1. The van der Waals surface area contributed by atoms with E-state index in [4.69, 9.17) is 15.1 Å². The first kappa shape index (κ1) is 9.36. The molecule has 0 aliphatic heterocycles. The molecule has 0 spiro atoms. The third-order valence-corrected chi connectivity index (χ3v) is 2.61. The van der Waals surface area contributed by atoms with Gasteiger partial charge < -0.3 is 4.42 Å². The van der Waals surface area contributed by atoms with Gasteiger partial charge in [-0.2, -0.15) is 0 Å². The lowest BCUT2D eigenvalue weighted by Crippen LogP contribution is -1.93. The van der Waals surface area contributed by atoms with Gasteiger partial charge in [0, 0.05) is 10.5 Å². The highest BCUT2D eigenvalue weighted by Crippen LogP contribution is 2.24. The maximum absolute atomic E-state index is 10.7. The fraction of sp³-hybridized carbons (Fsp3) is 0. The topological polar surface area (TPSA) is 58.9 Å². The van der Waals surface area contributed by atoms with E-state index in [2.05, 4.69) is 10.2 Å². The molecule has 0 unspecified atom stereocenters. The van der Waals surface area contributed by atoms with E-state index in [9.17, 15) is 4.79 Å². The number of hydrogen-bond donors (Lipinski definition) is 1. The molecular formula is C8H5ClN2O2S. The number of nitrogens with zero attached hydrogens (tertiary/aromatic N) is 1. The maximum Gasteiger partial charge on any atom is 0.434 e. The Balaban J connectivity index is 2.38. The van der Waals surface area contributed by atoms with Gasteiger partial charge in [0.25, 0.3) is 0 Å². The molecule has 14 heavy (non-hydrogen) atoms. The van der Waals surface area contributed by atoms with Crippen LogP contribution in [0.25, 0.3) is 11.5 Å². The summed E-state index contributed by atoms with van der Waals surface area (Å²) in [5.41, 5.74) is 0.734. The SMILES string of the molecule is O=c1[nH]nc(-c2ccc(SCl)cc2)o1. The highest BCUT2D eigenvalue weighted by Gasteiger charge is 2.04. The normalized spacial score (nSPS) is 10.4. The minimum atomic E-state index is -0.559. The molecule has 0 bridgehead atoms. The van der Waals surface area contributed by atoms with Gasteiger partial charge >= 0.3 is 5.76 Å². The zero-order valence-corrected chi connectivity index (χ0v) is 8.43. The Labute approximate surface area is 87.8 Å². The molecule has 0 fully saturated rings. The second kappa shape index (κ2) is 3.89. The molecule has 6 heteroatoms. The molecule has 0 atom stereocenters. The van der Waals surface area contributed by atoms with E-state index in [0.29, 0.717) is 0 Å². The van der Waals surface area contributed by atoms with E-state index >= 15 is 0 Å². The molecule has 72 valence electrons. The largest absolute Gasteiger partial charge is 0.434 e. The van der Waals surface area contributed by atoms with Crippen LogP contribution in [0.15, 0.2) is 38.4 Å². The Bertz CT molecular complexity index is 477. The van der Waals surface area contributed by atoms with E-state index in [1.807, 2.05) is 12.1 Å². The summed E-state index contributed by atoms with van der Waals surface area (Å²) in [6, 6.07) is 7.21. The third kappa shape index (κ3) is 1.83. The highest BCUT2D eigenvalue weighted by atomic mass is 35.7. The van der Waals surface area contributed by atoms with Gasteiger partial charge in [0.15, 0.2) is 0 Å². The summed E-state index contributed by atoms with van der Waals surface area (Å²) in [7, 11) is 6.68. The fourth-order valence-electron chi connectivity index (χ4n) is 1.00. The average Bonchev–Trinajstić information content (AvgIpc) is 2.65. The number of halogens is 1. The highest BCUT2D eigenvalue weighted by molar-refractivity contribution is 8.21. The van der Waals surface area contributed by atoms with Crippen LogP contribution in [0.2, 0.25) is 0 Å². The maximum atomic E-state index is 10.7. The lowest BCUT2D eigenvalue weighted by Gasteiger charge is -1.95. The molecule has 2 aromatic rings. The minimum absolute atomic E-state index is 0.279. The van der Waals surface area contributed by atoms with Gasteiger partial charge in [-0.05, 0) is 45.9 Å². The van der Waals surface area contributed by atoms with Crippen molar-refractivity contribution in [2.75, 3.05) is 0 Å². The number of aromatic amines is 1. The van der Waals surface area contributed by atoms with Crippen LogP contribution in [0.5, 0.6) is 0 Å². The molecule has 2 rings (SSSR count). The zero-order chi connectivity index (χ0) is 9.97. The first-order chi connectivity index (χ1) is 6.79. The van der Waals surface area contributed by atoms with E-state index in [1.165, 1.54) is 0 Å². The fourth-order valence-corrected chi connectivity index (χ4v) is 1.55. The standard InChI is InChI=1S/C8H5ClN2O2S/c9-14-6-3-1-5(2-4-6)7-10-11-8(12)13-7/h1-4H,(H,11,12). The van der Waals surface area contributed by atoms with E-state index in [1.54, 1.807) is 12.1 Å². The zero-order valence-electron chi connectivity index (χ0n) is 6.86. The summed E-state index contributed by atoms with van der Waals surface area (Å²) in [4.78, 5) is 11.6. The van der Waals surface area contributed by atoms with E-state index < -0.39 is 5.76 Å². The Morgan fingerprint density at radius 2 is 2.07 bits per heavy atom. The molecule has 1 heterocycles. The Hall–Kier alpha value is -1.20. The monoisotopic (exact) mass is 228 g/mol. The van der Waals surface area contributed by atoms with Crippen LogP contribution in [0.4, 0.5) is 0 Å². The predicted molar refractivity (Wildman–Crippen MR) is 54.3 cm³/mol. The summed E-state index contributed by atoms with van der Waals surface area (Å²) >= 11 is 0. The number of benzene rings is 1. The Morgan fingerprint density at radius 3 is 2.57 bits per heavy atom. The average molecular weight is 229 g/mol. The van der Waals surface area contributed by atoms with Crippen LogP contribution in [-0.4, -0.2) is 10.2 Å². The molecule has 1 aromatic heterocycles. The molecule has 0 amide bonds. The molecule has 1 aromatic carbocycles. The van der Waals surface area contributed by atoms with Crippen molar-refractivity contribution < 1.29 is 4.42 Å². The van der Waals surface area contributed by atoms with Gasteiger partial charge in [-0.15, -0.1) is 5.10 Å². The van der Waals surface area contributed by atoms with E-state index in [0.717, 1.165) is 21.4 Å². The molecule has 1 N–H and O–H groups in total. The Morgan fingerprint density at radius 1 is 1.36 bits per heavy atom. The van der Waals surface area contributed by atoms with Crippen LogP contribution >= 0.6 is 21.7 Å². The predicted octanol–water partition coefficient (Wildman–Crippen LogP) is 2.28. The molecule has 0 saturated carbocycles. The van der Waals surface area contributed by atoms with Crippen LogP contribution in [-0.2, 0) is 0 Å². The van der Waals surface area contributed by atoms with Gasteiger partial charge in [0.1, 0.15) is 0 Å². The number of nitrogens with one attached hydrogen (secondary N) is 1. The van der Waals surface area contributed by atoms with Crippen molar-refractivity contribution in [3.8, 4) is 11.5 Å². The van der Waals surface area contributed by atoms with Gasteiger partial charge in [-0.3, -0.25) is 0 Å². The molecule has 0 aliphatic rings. The Kier molecular flexibility index (Phi) is 2.60. The summed E-state index contributed by atoms with van der Waals surface area (Å²) in [6.07, 6.45) is 0. The second-order valence-corrected chi connectivity index (χ2v) is 3.61. The van der Waals surface area contributed by atoms with Gasteiger partial charge in [0.05, 0.1) is 0 Å². The van der Waals surface area contributed by atoms with Crippen molar-refractivity contribution in [1.29, 1.82) is 0 Å². The van der Waals surface area contributed by atoms with Crippen LogP contribution in [0, 0.1) is 0 Å². The van der Waals surface area contributed by atoms with Gasteiger partial charge in [-0.25, -0.2) is 9.89 Å². The quantitative estimate of drug-likeness (QED) is 0.857. The minimum Gasteiger partial charge on any atom is -0.388 e. The lowest BCUT2D eigenvalue weighted by atomic mass is 10.2. The van der Waals surface area contributed by atoms with Crippen molar-refractivity contribution in [3.05, 3.63) is 34.8 Å². The third-order valence-electron chi connectivity index (χ3n) is 1.63. The molecule has 4 nitrogen and oxygen atoms in total. The van der Waals surface area contributed by atoms with Crippen LogP contribution in [0.3, 0.4) is 0 Å². The summed E-state index contributed by atoms with van der Waals surface area (Å²) in [5.74, 6) is -0.281. The summed E-state index contributed by atoms with van der Waals surface area (Å²) in [6.45, 7) is 0. The van der Waals surface area contributed by atoms with Gasteiger partial charge in [0.2, 0.25) is 5.89 Å². The molecule has 0 aliphatic carbocycles. The summed E-state index contributed by atoms with van der Waals surface area (Å²) < 4.78 is 4.78. The smallest absolute Gasteiger partial charge is 0.388 e. The van der Waals surface area contributed by atoms with Crippen molar-refractivity contribution >= 4 is 21.7 Å². The molecule has 0 radical (unpaired) electrons. The second-order valence-electron chi connectivity index (χ2n) is 2.52. The molecular weight excluding hydrogens is 224 g/mol. The van der Waals surface area contributed by atoms with Crippen molar-refractivity contribution in [1.82, 2.24) is 10.2 Å². The summed E-state index contributed by atoms with van der Waals surface area (Å²) in [5, 5.41) is 5.89. The number of rotatable bonds is 2. The first-order valence-corrected chi connectivity index (χ1v) is 5.38. The van der Waals surface area contributed by atoms with Crippen molar-refractivity contribution in [2.24, 2.45) is 0 Å². The number of aromatic nitrogens is 2. The molecule has 0 saturated heterocycles.